The number of carbonyl (C=O) groups excluding carboxylic acids is 2. The minimum atomic E-state index is -4.41. The zero-order chi connectivity index (χ0) is 22.5. The number of hydrogen-bond acceptors (Lipinski definition) is 3. The predicted molar refractivity (Wildman–Crippen MR) is 112 cm³/mol. The van der Waals surface area contributed by atoms with Gasteiger partial charge in [0.1, 0.15) is 5.82 Å². The van der Waals surface area contributed by atoms with E-state index in [2.05, 4.69) is 20.6 Å². The van der Waals surface area contributed by atoms with Crippen molar-refractivity contribution in [1.82, 2.24) is 15.3 Å². The molecule has 2 aromatic carbocycles. The Morgan fingerprint density at radius 1 is 1.12 bits per heavy atom. The maximum absolute atomic E-state index is 13.0. The maximum atomic E-state index is 13.0. The summed E-state index contributed by atoms with van der Waals surface area (Å²) in [6.07, 6.45) is -0.930. The maximum Gasteiger partial charge on any atom is 0.416 e. The van der Waals surface area contributed by atoms with Crippen LogP contribution in [0.1, 0.15) is 58.9 Å². The molecule has 9 heteroatoms. The highest BCUT2D eigenvalue weighted by atomic mass is 19.4. The lowest BCUT2D eigenvalue weighted by Crippen LogP contribution is -2.38. The number of aromatic amines is 1. The second-order valence-electron chi connectivity index (χ2n) is 8.48. The number of aromatic nitrogens is 2. The van der Waals surface area contributed by atoms with Gasteiger partial charge in [0.25, 0.3) is 5.91 Å². The topological polar surface area (TPSA) is 86.9 Å². The van der Waals surface area contributed by atoms with Gasteiger partial charge in [-0.2, -0.15) is 13.2 Å². The summed E-state index contributed by atoms with van der Waals surface area (Å²) in [5, 5.41) is 5.81. The number of hydrogen-bond donors (Lipinski definition) is 3. The number of alkyl halides is 3. The highest BCUT2D eigenvalue weighted by molar-refractivity contribution is 6.01. The first-order valence-corrected chi connectivity index (χ1v) is 10.6. The van der Waals surface area contributed by atoms with Crippen molar-refractivity contribution < 1.29 is 22.8 Å². The number of imidazole rings is 1. The van der Waals surface area contributed by atoms with Crippen molar-refractivity contribution in [2.75, 3.05) is 5.32 Å². The lowest BCUT2D eigenvalue weighted by molar-refractivity contribution is -0.137. The molecule has 2 atom stereocenters. The van der Waals surface area contributed by atoms with Crippen LogP contribution in [0.2, 0.25) is 0 Å². The van der Waals surface area contributed by atoms with Crippen LogP contribution in [0.3, 0.4) is 0 Å². The van der Waals surface area contributed by atoms with E-state index < -0.39 is 11.7 Å². The highest BCUT2D eigenvalue weighted by Crippen LogP contribution is 2.35. The summed E-state index contributed by atoms with van der Waals surface area (Å²) in [5.74, 6) is 0.399. The molecule has 1 aliphatic carbocycles. The van der Waals surface area contributed by atoms with E-state index in [1.165, 1.54) is 6.07 Å². The number of anilines is 1. The van der Waals surface area contributed by atoms with E-state index in [0.717, 1.165) is 42.6 Å². The molecule has 6 nitrogen and oxygen atoms in total. The molecular formula is C23H21F3N4O2. The quantitative estimate of drug-likeness (QED) is 0.557. The van der Waals surface area contributed by atoms with Crippen LogP contribution < -0.4 is 10.6 Å². The molecule has 166 valence electrons. The van der Waals surface area contributed by atoms with Crippen LogP contribution in [-0.4, -0.2) is 27.8 Å². The second-order valence-corrected chi connectivity index (χ2v) is 8.48. The fraction of sp³-hybridized carbons (Fsp3) is 0.348. The molecule has 2 aliphatic rings. The molecule has 0 saturated heterocycles. The monoisotopic (exact) mass is 442 g/mol. The number of benzene rings is 2. The van der Waals surface area contributed by atoms with Crippen LogP contribution in [0.15, 0.2) is 36.4 Å². The van der Waals surface area contributed by atoms with Crippen molar-refractivity contribution in [1.29, 1.82) is 0 Å². The third-order valence-corrected chi connectivity index (χ3v) is 6.22. The van der Waals surface area contributed by atoms with Crippen molar-refractivity contribution in [2.45, 2.75) is 50.2 Å². The van der Waals surface area contributed by atoms with Crippen LogP contribution in [0, 0.1) is 0 Å². The number of amides is 2. The number of halogens is 3. The number of rotatable bonds is 3. The zero-order valence-corrected chi connectivity index (χ0v) is 17.1. The minimum absolute atomic E-state index is 0.0256. The normalized spacial score (nSPS) is 20.8. The molecule has 0 radical (unpaired) electrons. The van der Waals surface area contributed by atoms with Gasteiger partial charge in [0.2, 0.25) is 5.91 Å². The van der Waals surface area contributed by atoms with E-state index in [0.29, 0.717) is 28.8 Å². The van der Waals surface area contributed by atoms with Crippen LogP contribution in [-0.2, 0) is 17.4 Å². The van der Waals surface area contributed by atoms with Gasteiger partial charge in [-0.15, -0.1) is 0 Å². The van der Waals surface area contributed by atoms with Gasteiger partial charge in [-0.1, -0.05) is 6.42 Å². The van der Waals surface area contributed by atoms with Gasteiger partial charge in [0.15, 0.2) is 0 Å². The third-order valence-electron chi connectivity index (χ3n) is 6.22. The third kappa shape index (κ3) is 3.94. The van der Waals surface area contributed by atoms with Gasteiger partial charge in [0, 0.05) is 23.2 Å². The average molecular weight is 442 g/mol. The van der Waals surface area contributed by atoms with E-state index in [1.807, 2.05) is 0 Å². The lowest BCUT2D eigenvalue weighted by atomic mass is 9.85. The Hall–Kier alpha value is -3.36. The zero-order valence-electron chi connectivity index (χ0n) is 17.1. The Morgan fingerprint density at radius 3 is 2.78 bits per heavy atom. The van der Waals surface area contributed by atoms with Crippen molar-refractivity contribution in [3.8, 4) is 0 Å². The Kier molecular flexibility index (Phi) is 4.91. The number of fused-ring (bicyclic) bond motifs is 2. The Labute approximate surface area is 181 Å². The smallest absolute Gasteiger partial charge is 0.349 e. The highest BCUT2D eigenvalue weighted by Gasteiger charge is 2.32. The number of carbonyl (C=O) groups is 2. The first kappa shape index (κ1) is 20.5. The van der Waals surface area contributed by atoms with Crippen LogP contribution in [0.4, 0.5) is 18.9 Å². The Bertz CT molecular complexity index is 1220. The molecule has 3 aromatic rings. The van der Waals surface area contributed by atoms with Crippen molar-refractivity contribution >= 4 is 28.5 Å². The summed E-state index contributed by atoms with van der Waals surface area (Å²) in [5.41, 5.74) is 2.20. The van der Waals surface area contributed by atoms with Gasteiger partial charge < -0.3 is 15.6 Å². The Morgan fingerprint density at radius 2 is 1.97 bits per heavy atom. The van der Waals surface area contributed by atoms with Gasteiger partial charge in [-0.3, -0.25) is 9.59 Å². The summed E-state index contributed by atoms with van der Waals surface area (Å²) >= 11 is 0. The summed E-state index contributed by atoms with van der Waals surface area (Å²) in [7, 11) is 0. The first-order valence-electron chi connectivity index (χ1n) is 10.6. The first-order chi connectivity index (χ1) is 15.3. The number of nitrogens with zero attached hydrogens (tertiary/aromatic N) is 1. The van der Waals surface area contributed by atoms with E-state index >= 15 is 0 Å². The SMILES string of the molecule is O=C1Cc2cc(C(=O)NC3CCCC(c4nc5cc(C(F)(F)F)ccc5[nH]4)C3)ccc2N1. The van der Waals surface area contributed by atoms with E-state index in [9.17, 15) is 22.8 Å². The van der Waals surface area contributed by atoms with Gasteiger partial charge >= 0.3 is 6.18 Å². The molecule has 1 aliphatic heterocycles. The summed E-state index contributed by atoms with van der Waals surface area (Å²) < 4.78 is 39.0. The predicted octanol–water partition coefficient (Wildman–Crippen LogP) is 4.53. The summed E-state index contributed by atoms with van der Waals surface area (Å²) in [6, 6.07) is 8.62. The number of H-pyrrole nitrogens is 1. The molecule has 1 fully saturated rings. The van der Waals surface area contributed by atoms with Crippen molar-refractivity contribution in [3.05, 3.63) is 58.9 Å². The van der Waals surface area contributed by atoms with Gasteiger partial charge in [0.05, 0.1) is 23.0 Å². The molecule has 2 unspecified atom stereocenters. The summed E-state index contributed by atoms with van der Waals surface area (Å²) in [6.45, 7) is 0. The van der Waals surface area contributed by atoms with Crippen LogP contribution in [0.25, 0.3) is 11.0 Å². The molecule has 5 rings (SSSR count). The molecular weight excluding hydrogens is 421 g/mol. The molecule has 0 bridgehead atoms. The molecule has 3 N–H and O–H groups in total. The van der Waals surface area contributed by atoms with E-state index in [4.69, 9.17) is 0 Å². The molecule has 1 saturated carbocycles. The molecule has 2 amide bonds. The van der Waals surface area contributed by atoms with Crippen LogP contribution >= 0.6 is 0 Å². The Balaban J connectivity index is 1.29. The fourth-order valence-electron chi connectivity index (χ4n) is 4.60. The molecule has 0 spiro atoms. The fourth-order valence-corrected chi connectivity index (χ4v) is 4.60. The molecule has 2 heterocycles. The van der Waals surface area contributed by atoms with Crippen LogP contribution in [0.5, 0.6) is 0 Å². The van der Waals surface area contributed by atoms with E-state index in [1.54, 1.807) is 18.2 Å². The van der Waals surface area contributed by atoms with E-state index in [-0.39, 0.29) is 30.2 Å². The van der Waals surface area contributed by atoms with Gasteiger partial charge in [-0.05, 0) is 61.2 Å². The minimum Gasteiger partial charge on any atom is -0.349 e. The van der Waals surface area contributed by atoms with Crippen molar-refractivity contribution in [3.63, 3.8) is 0 Å². The van der Waals surface area contributed by atoms with Crippen molar-refractivity contribution in [2.24, 2.45) is 0 Å². The second kappa shape index (κ2) is 7.65. The standard InChI is InChI=1S/C23H21F3N4O2/c24-23(25,26)15-5-7-18-19(11-15)30-21(29-18)12-2-1-3-16(9-12)27-22(32)13-4-6-17-14(8-13)10-20(31)28-17/h4-8,11-12,16H,1-3,9-10H2,(H,27,32)(H,28,31)(H,29,30). The lowest BCUT2D eigenvalue weighted by Gasteiger charge is -2.28. The largest absolute Gasteiger partial charge is 0.416 e. The molecule has 1 aromatic heterocycles. The van der Waals surface area contributed by atoms with Gasteiger partial charge in [-0.25, -0.2) is 4.98 Å². The molecule has 32 heavy (non-hydrogen) atoms. The summed E-state index contributed by atoms with van der Waals surface area (Å²) in [4.78, 5) is 31.9. The average Bonchev–Trinajstić information content (AvgIpc) is 3.34. The number of nitrogens with one attached hydrogen (secondary N) is 3.